The van der Waals surface area contributed by atoms with E-state index in [0.717, 1.165) is 17.1 Å². The smallest absolute Gasteiger partial charge is 0.123 e. The number of rotatable bonds is 9. The molecule has 0 spiro atoms. The van der Waals surface area contributed by atoms with Crippen LogP contribution in [0.2, 0.25) is 0 Å². The molecule has 0 aliphatic carbocycles. The Kier molecular flexibility index (Phi) is 7.32. The van der Waals surface area contributed by atoms with Gasteiger partial charge in [0.1, 0.15) is 24.2 Å². The number of hydrogen-bond donors (Lipinski definition) is 0. The average Bonchev–Trinajstić information content (AvgIpc) is 2.60. The largest absolute Gasteiger partial charge is 0.489 e. The molecule has 3 nitrogen and oxygen atoms in total. The molecule has 0 heterocycles. The molecule has 2 atom stereocenters. The van der Waals surface area contributed by atoms with Gasteiger partial charge in [-0.2, -0.15) is 0 Å². The summed E-state index contributed by atoms with van der Waals surface area (Å²) in [5.74, 6) is 2.65. The van der Waals surface area contributed by atoms with Crippen LogP contribution in [0.5, 0.6) is 11.5 Å². The molecule has 0 amide bonds. The SMILES string of the molecule is COCC(C)Oc1cc(OCc2ccccc2)cc(C(C)C(C)C)c1. The monoisotopic (exact) mass is 342 g/mol. The van der Waals surface area contributed by atoms with Crippen LogP contribution >= 0.6 is 0 Å². The number of ether oxygens (including phenoxy) is 3. The predicted molar refractivity (Wildman–Crippen MR) is 102 cm³/mol. The van der Waals surface area contributed by atoms with Gasteiger partial charge in [-0.25, -0.2) is 0 Å². The number of benzene rings is 2. The molecule has 0 aliphatic heterocycles. The summed E-state index contributed by atoms with van der Waals surface area (Å²) in [4.78, 5) is 0. The first-order valence-corrected chi connectivity index (χ1v) is 8.97. The Hall–Kier alpha value is -2.00. The summed E-state index contributed by atoms with van der Waals surface area (Å²) in [6, 6.07) is 16.4. The maximum absolute atomic E-state index is 6.03. The molecular weight excluding hydrogens is 312 g/mol. The summed E-state index contributed by atoms with van der Waals surface area (Å²) in [6.07, 6.45) is -0.00317. The molecule has 2 rings (SSSR count). The zero-order valence-electron chi connectivity index (χ0n) is 16.0. The highest BCUT2D eigenvalue weighted by Gasteiger charge is 2.14. The van der Waals surface area contributed by atoms with E-state index in [1.165, 1.54) is 5.56 Å². The van der Waals surface area contributed by atoms with Gasteiger partial charge in [-0.1, -0.05) is 51.1 Å². The summed E-state index contributed by atoms with van der Waals surface area (Å²) in [5, 5.41) is 0. The maximum Gasteiger partial charge on any atom is 0.123 e. The topological polar surface area (TPSA) is 27.7 Å². The Balaban J connectivity index is 2.19. The van der Waals surface area contributed by atoms with Crippen LogP contribution in [0.15, 0.2) is 48.5 Å². The van der Waals surface area contributed by atoms with Gasteiger partial charge in [-0.15, -0.1) is 0 Å². The van der Waals surface area contributed by atoms with Crippen LogP contribution in [0.4, 0.5) is 0 Å². The first-order chi connectivity index (χ1) is 12.0. The fraction of sp³-hybridized carbons (Fsp3) is 0.455. The lowest BCUT2D eigenvalue weighted by atomic mass is 9.90. The second-order valence-corrected chi connectivity index (χ2v) is 6.93. The van der Waals surface area contributed by atoms with Gasteiger partial charge in [0, 0.05) is 13.2 Å². The maximum atomic E-state index is 6.03. The third-order valence-electron chi connectivity index (χ3n) is 4.42. The van der Waals surface area contributed by atoms with E-state index in [1.54, 1.807) is 7.11 Å². The van der Waals surface area contributed by atoms with E-state index in [0.29, 0.717) is 25.0 Å². The number of methoxy groups -OCH3 is 1. The van der Waals surface area contributed by atoms with Gasteiger partial charge in [0.15, 0.2) is 0 Å². The molecule has 136 valence electrons. The normalized spacial score (nSPS) is 13.5. The van der Waals surface area contributed by atoms with E-state index in [2.05, 4.69) is 45.0 Å². The van der Waals surface area contributed by atoms with E-state index in [1.807, 2.05) is 31.2 Å². The Morgan fingerprint density at radius 2 is 1.56 bits per heavy atom. The van der Waals surface area contributed by atoms with E-state index >= 15 is 0 Å². The van der Waals surface area contributed by atoms with Crippen LogP contribution < -0.4 is 9.47 Å². The van der Waals surface area contributed by atoms with Gasteiger partial charge in [0.05, 0.1) is 6.61 Å². The molecular formula is C22H30O3. The van der Waals surface area contributed by atoms with Gasteiger partial charge >= 0.3 is 0 Å². The Labute approximate surface area is 151 Å². The first kappa shape index (κ1) is 19.3. The van der Waals surface area contributed by atoms with Crippen molar-refractivity contribution in [2.45, 2.75) is 46.3 Å². The molecule has 0 fully saturated rings. The van der Waals surface area contributed by atoms with Crippen LogP contribution in [0.1, 0.15) is 44.7 Å². The average molecular weight is 342 g/mol. The highest BCUT2D eigenvalue weighted by atomic mass is 16.5. The van der Waals surface area contributed by atoms with Crippen LogP contribution in [0.25, 0.3) is 0 Å². The molecule has 2 aromatic carbocycles. The minimum absolute atomic E-state index is 0.00317. The highest BCUT2D eigenvalue weighted by molar-refractivity contribution is 5.40. The molecule has 3 heteroatoms. The molecule has 25 heavy (non-hydrogen) atoms. The van der Waals surface area contributed by atoms with Crippen molar-refractivity contribution in [3.8, 4) is 11.5 Å². The quantitative estimate of drug-likeness (QED) is 0.607. The molecule has 2 unspecified atom stereocenters. The lowest BCUT2D eigenvalue weighted by Gasteiger charge is -2.20. The predicted octanol–water partition coefficient (Wildman–Crippen LogP) is 5.44. The summed E-state index contributed by atoms with van der Waals surface area (Å²) in [6.45, 7) is 9.82. The van der Waals surface area contributed by atoms with Crippen molar-refractivity contribution < 1.29 is 14.2 Å². The van der Waals surface area contributed by atoms with Gasteiger partial charge in [0.2, 0.25) is 0 Å². The molecule has 0 aliphatic rings. The molecule has 2 aromatic rings. The van der Waals surface area contributed by atoms with Gasteiger partial charge < -0.3 is 14.2 Å². The van der Waals surface area contributed by atoms with Gasteiger partial charge in [-0.3, -0.25) is 0 Å². The fourth-order valence-corrected chi connectivity index (χ4v) is 2.63. The van der Waals surface area contributed by atoms with Gasteiger partial charge in [-0.05, 0) is 42.0 Å². The molecule has 0 N–H and O–H groups in total. The zero-order chi connectivity index (χ0) is 18.2. The van der Waals surface area contributed by atoms with Crippen LogP contribution in [0.3, 0.4) is 0 Å². The summed E-state index contributed by atoms with van der Waals surface area (Å²) < 4.78 is 17.2. The second kappa shape index (κ2) is 9.47. The van der Waals surface area contributed by atoms with E-state index in [-0.39, 0.29) is 6.10 Å². The molecule has 0 saturated heterocycles. The van der Waals surface area contributed by atoms with E-state index < -0.39 is 0 Å². The second-order valence-electron chi connectivity index (χ2n) is 6.93. The van der Waals surface area contributed by atoms with Crippen molar-refractivity contribution in [2.75, 3.05) is 13.7 Å². The summed E-state index contributed by atoms with van der Waals surface area (Å²) in [5.41, 5.74) is 2.39. The Bertz CT molecular complexity index is 637. The number of hydrogen-bond acceptors (Lipinski definition) is 3. The van der Waals surface area contributed by atoms with Crippen LogP contribution in [-0.4, -0.2) is 19.8 Å². The first-order valence-electron chi connectivity index (χ1n) is 8.97. The molecule has 0 bridgehead atoms. The van der Waals surface area contributed by atoms with Crippen LogP contribution in [0, 0.1) is 5.92 Å². The van der Waals surface area contributed by atoms with Crippen molar-refractivity contribution in [1.29, 1.82) is 0 Å². The lowest BCUT2D eigenvalue weighted by molar-refractivity contribution is 0.0917. The third-order valence-corrected chi connectivity index (χ3v) is 4.42. The fourth-order valence-electron chi connectivity index (χ4n) is 2.63. The van der Waals surface area contributed by atoms with Gasteiger partial charge in [0.25, 0.3) is 0 Å². The highest BCUT2D eigenvalue weighted by Crippen LogP contribution is 2.32. The lowest BCUT2D eigenvalue weighted by Crippen LogP contribution is -2.18. The standard InChI is InChI=1S/C22H30O3/c1-16(2)18(4)20-11-21(24-15-19-9-7-6-8-10-19)13-22(12-20)25-17(3)14-23-5/h6-13,16-18H,14-15H2,1-5H3. The third kappa shape index (κ3) is 6.09. The van der Waals surface area contributed by atoms with Crippen molar-refractivity contribution in [2.24, 2.45) is 5.92 Å². The van der Waals surface area contributed by atoms with Crippen molar-refractivity contribution >= 4 is 0 Å². The Morgan fingerprint density at radius 3 is 2.20 bits per heavy atom. The minimum atomic E-state index is -0.00317. The minimum Gasteiger partial charge on any atom is -0.489 e. The van der Waals surface area contributed by atoms with E-state index in [4.69, 9.17) is 14.2 Å². The molecule has 0 saturated carbocycles. The van der Waals surface area contributed by atoms with Crippen molar-refractivity contribution in [3.05, 3.63) is 59.7 Å². The van der Waals surface area contributed by atoms with Crippen LogP contribution in [-0.2, 0) is 11.3 Å². The van der Waals surface area contributed by atoms with Crippen molar-refractivity contribution in [3.63, 3.8) is 0 Å². The molecule has 0 aromatic heterocycles. The zero-order valence-corrected chi connectivity index (χ0v) is 16.0. The van der Waals surface area contributed by atoms with E-state index in [9.17, 15) is 0 Å². The summed E-state index contributed by atoms with van der Waals surface area (Å²) >= 11 is 0. The molecule has 0 radical (unpaired) electrons. The van der Waals surface area contributed by atoms with Crippen molar-refractivity contribution in [1.82, 2.24) is 0 Å². The summed E-state index contributed by atoms with van der Waals surface area (Å²) in [7, 11) is 1.69. The Morgan fingerprint density at radius 1 is 0.880 bits per heavy atom.